The van der Waals surface area contributed by atoms with Crippen LogP contribution in [0.15, 0.2) is 78.9 Å². The van der Waals surface area contributed by atoms with Crippen molar-refractivity contribution in [3.63, 3.8) is 0 Å². The molecule has 1 saturated carbocycles. The van der Waals surface area contributed by atoms with Crippen molar-refractivity contribution in [3.8, 4) is 22.6 Å². The topological polar surface area (TPSA) is 47.6 Å². The molecule has 0 radical (unpaired) electrons. The molecule has 34 heavy (non-hydrogen) atoms. The molecule has 0 saturated heterocycles. The van der Waals surface area contributed by atoms with Crippen molar-refractivity contribution in [1.82, 2.24) is 0 Å². The Balaban J connectivity index is 1.26. The van der Waals surface area contributed by atoms with Crippen molar-refractivity contribution >= 4 is 11.6 Å². The summed E-state index contributed by atoms with van der Waals surface area (Å²) < 4.78 is 11.9. The van der Waals surface area contributed by atoms with E-state index in [9.17, 15) is 4.79 Å². The zero-order valence-electron chi connectivity index (χ0n) is 20.0. The Labute approximate surface area is 203 Å². The van der Waals surface area contributed by atoms with Crippen LogP contribution in [0.2, 0.25) is 0 Å². The summed E-state index contributed by atoms with van der Waals surface area (Å²) in [4.78, 5) is 12.8. The molecule has 1 N–H and O–H groups in total. The van der Waals surface area contributed by atoms with Crippen molar-refractivity contribution in [2.75, 3.05) is 11.9 Å². The van der Waals surface area contributed by atoms with Gasteiger partial charge in [-0.15, -0.1) is 0 Å². The smallest absolute Gasteiger partial charge is 0.265 e. The number of amides is 1. The van der Waals surface area contributed by atoms with E-state index in [-0.39, 0.29) is 5.91 Å². The largest absolute Gasteiger partial charge is 0.494 e. The van der Waals surface area contributed by atoms with E-state index < -0.39 is 6.10 Å². The summed E-state index contributed by atoms with van der Waals surface area (Å²) in [5, 5.41) is 2.97. The van der Waals surface area contributed by atoms with Gasteiger partial charge in [-0.3, -0.25) is 4.79 Å². The fourth-order valence-corrected chi connectivity index (χ4v) is 4.52. The first kappa shape index (κ1) is 23.9. The van der Waals surface area contributed by atoms with Crippen molar-refractivity contribution < 1.29 is 14.3 Å². The van der Waals surface area contributed by atoms with Crippen molar-refractivity contribution in [1.29, 1.82) is 0 Å². The van der Waals surface area contributed by atoms with Crippen LogP contribution >= 0.6 is 0 Å². The minimum Gasteiger partial charge on any atom is -0.494 e. The Hall–Kier alpha value is -3.27. The number of hydrogen-bond donors (Lipinski definition) is 1. The van der Waals surface area contributed by atoms with Gasteiger partial charge in [0, 0.05) is 5.69 Å². The Kier molecular flexibility index (Phi) is 8.61. The van der Waals surface area contributed by atoms with Crippen molar-refractivity contribution in [2.45, 2.75) is 58.0 Å². The molecule has 1 fully saturated rings. The Morgan fingerprint density at radius 1 is 0.853 bits per heavy atom. The lowest BCUT2D eigenvalue weighted by atomic mass is 9.87. The number of hydrogen-bond acceptors (Lipinski definition) is 3. The molecule has 0 heterocycles. The number of nitrogens with one attached hydrogen (secondary N) is 1. The summed E-state index contributed by atoms with van der Waals surface area (Å²) in [6.45, 7) is 2.71. The molecule has 0 bridgehead atoms. The van der Waals surface area contributed by atoms with E-state index in [1.165, 1.54) is 32.1 Å². The highest BCUT2D eigenvalue weighted by molar-refractivity contribution is 5.94. The molecule has 1 aliphatic carbocycles. The Morgan fingerprint density at radius 2 is 1.50 bits per heavy atom. The fraction of sp³-hybridized carbons (Fsp3) is 0.367. The van der Waals surface area contributed by atoms with Crippen molar-refractivity contribution in [2.24, 2.45) is 5.92 Å². The van der Waals surface area contributed by atoms with Crippen molar-refractivity contribution in [3.05, 3.63) is 78.9 Å². The lowest BCUT2D eigenvalue weighted by Crippen LogP contribution is -2.32. The zero-order valence-corrected chi connectivity index (χ0v) is 20.0. The van der Waals surface area contributed by atoms with Gasteiger partial charge in [0.2, 0.25) is 0 Å². The number of carbonyl (C=O) groups excluding carboxylic acids is 1. The van der Waals surface area contributed by atoms with Crippen LogP contribution in [0, 0.1) is 5.92 Å². The molecule has 1 amide bonds. The number of rotatable bonds is 10. The molecule has 0 aliphatic heterocycles. The van der Waals surface area contributed by atoms with Gasteiger partial charge >= 0.3 is 0 Å². The van der Waals surface area contributed by atoms with E-state index in [4.69, 9.17) is 9.47 Å². The van der Waals surface area contributed by atoms with Gasteiger partial charge in [-0.05, 0) is 66.3 Å². The highest BCUT2D eigenvalue weighted by Gasteiger charge is 2.19. The summed E-state index contributed by atoms with van der Waals surface area (Å²) in [6, 6.07) is 25.7. The lowest BCUT2D eigenvalue weighted by Gasteiger charge is -2.21. The van der Waals surface area contributed by atoms with E-state index in [0.29, 0.717) is 12.2 Å². The van der Waals surface area contributed by atoms with E-state index in [1.54, 1.807) is 0 Å². The second-order valence-electron chi connectivity index (χ2n) is 9.06. The monoisotopic (exact) mass is 457 g/mol. The fourth-order valence-electron chi connectivity index (χ4n) is 4.52. The van der Waals surface area contributed by atoms with Gasteiger partial charge in [0.1, 0.15) is 11.5 Å². The number of ether oxygens (including phenoxy) is 2. The van der Waals surface area contributed by atoms with E-state index in [1.807, 2.05) is 73.7 Å². The number of anilines is 1. The van der Waals surface area contributed by atoms with Gasteiger partial charge < -0.3 is 14.8 Å². The van der Waals surface area contributed by atoms with Crippen LogP contribution in [0.1, 0.15) is 51.9 Å². The molecule has 178 valence electrons. The van der Waals surface area contributed by atoms with Crippen LogP contribution in [0.4, 0.5) is 5.69 Å². The molecular weight excluding hydrogens is 422 g/mol. The van der Waals surface area contributed by atoms with Crippen LogP contribution in [-0.2, 0) is 4.79 Å². The van der Waals surface area contributed by atoms with Gasteiger partial charge in [-0.25, -0.2) is 0 Å². The maximum atomic E-state index is 12.8. The molecule has 1 atom stereocenters. The van der Waals surface area contributed by atoms with Gasteiger partial charge in [-0.1, -0.05) is 81.5 Å². The first-order valence-corrected chi connectivity index (χ1v) is 12.6. The average molecular weight is 458 g/mol. The molecule has 0 spiro atoms. The third-order valence-corrected chi connectivity index (χ3v) is 6.54. The lowest BCUT2D eigenvalue weighted by molar-refractivity contribution is -0.122. The summed E-state index contributed by atoms with van der Waals surface area (Å²) in [5.41, 5.74) is 3.01. The van der Waals surface area contributed by atoms with Gasteiger partial charge in [0.25, 0.3) is 5.91 Å². The van der Waals surface area contributed by atoms with E-state index >= 15 is 0 Å². The maximum Gasteiger partial charge on any atom is 0.265 e. The average Bonchev–Trinajstić information content (AvgIpc) is 2.90. The molecule has 3 aromatic carbocycles. The second kappa shape index (κ2) is 12.3. The molecule has 4 nitrogen and oxygen atoms in total. The summed E-state index contributed by atoms with van der Waals surface area (Å²) in [7, 11) is 0. The SMILES string of the molecule is CCC(Oc1ccc(-c2ccccc2)cc1)C(=O)Nc1ccc(OCCC2CCCCC2)cc1. The summed E-state index contributed by atoms with van der Waals surface area (Å²) in [5.74, 6) is 2.19. The first-order valence-electron chi connectivity index (χ1n) is 12.6. The summed E-state index contributed by atoms with van der Waals surface area (Å²) >= 11 is 0. The second-order valence-corrected chi connectivity index (χ2v) is 9.06. The van der Waals surface area contributed by atoms with Crippen LogP contribution < -0.4 is 14.8 Å². The highest BCUT2D eigenvalue weighted by atomic mass is 16.5. The predicted molar refractivity (Wildman–Crippen MR) is 138 cm³/mol. The maximum absolute atomic E-state index is 12.8. The Bertz CT molecular complexity index is 1010. The standard InChI is InChI=1S/C30H35NO3/c1-2-29(34-28-17-13-25(14-18-28)24-11-7-4-8-12-24)30(32)31-26-15-19-27(20-16-26)33-22-21-23-9-5-3-6-10-23/h4,7-8,11-20,23,29H,2-3,5-6,9-10,21-22H2,1H3,(H,31,32). The molecule has 0 aromatic heterocycles. The molecule has 4 heteroatoms. The Morgan fingerprint density at radius 3 is 2.18 bits per heavy atom. The first-order chi connectivity index (χ1) is 16.7. The number of carbonyl (C=O) groups is 1. The predicted octanol–water partition coefficient (Wildman–Crippen LogP) is 7.50. The quantitative estimate of drug-likeness (QED) is 0.343. The van der Waals surface area contributed by atoms with E-state index in [2.05, 4.69) is 17.4 Å². The van der Waals surface area contributed by atoms with E-state index in [0.717, 1.165) is 41.5 Å². The minimum atomic E-state index is -0.561. The van der Waals surface area contributed by atoms with Crippen LogP contribution in [0.3, 0.4) is 0 Å². The van der Waals surface area contributed by atoms with Crippen LogP contribution in [0.25, 0.3) is 11.1 Å². The zero-order chi connectivity index (χ0) is 23.6. The third kappa shape index (κ3) is 6.86. The number of benzene rings is 3. The van der Waals surface area contributed by atoms with Gasteiger partial charge in [0.15, 0.2) is 6.10 Å². The molecule has 4 rings (SSSR count). The van der Waals surface area contributed by atoms with Gasteiger partial charge in [0.05, 0.1) is 6.61 Å². The molecular formula is C30H35NO3. The third-order valence-electron chi connectivity index (χ3n) is 6.54. The molecule has 1 aliphatic rings. The van der Waals surface area contributed by atoms with Crippen LogP contribution in [0.5, 0.6) is 11.5 Å². The highest BCUT2D eigenvalue weighted by Crippen LogP contribution is 2.27. The minimum absolute atomic E-state index is 0.152. The van der Waals surface area contributed by atoms with Gasteiger partial charge in [-0.2, -0.15) is 0 Å². The summed E-state index contributed by atoms with van der Waals surface area (Å²) in [6.07, 6.45) is 7.93. The molecule has 1 unspecified atom stereocenters. The normalized spacial score (nSPS) is 14.9. The van der Waals surface area contributed by atoms with Crippen LogP contribution in [-0.4, -0.2) is 18.6 Å². The molecule has 3 aromatic rings.